The number of hydrogen-bond acceptors (Lipinski definition) is 3. The van der Waals surface area contributed by atoms with Crippen molar-refractivity contribution in [1.29, 1.82) is 0 Å². The second kappa shape index (κ2) is 5.28. The van der Waals surface area contributed by atoms with E-state index in [0.29, 0.717) is 5.02 Å². The molecule has 0 aliphatic carbocycles. The van der Waals surface area contributed by atoms with Crippen LogP contribution in [0.5, 0.6) is 5.75 Å². The molecule has 2 N–H and O–H groups in total. The minimum absolute atomic E-state index is 0.0753. The van der Waals surface area contributed by atoms with Gasteiger partial charge in [0, 0.05) is 11.1 Å². The molecular weight excluding hydrogens is 309 g/mol. The van der Waals surface area contributed by atoms with Crippen molar-refractivity contribution in [3.8, 4) is 5.75 Å². The highest BCUT2D eigenvalue weighted by Crippen LogP contribution is 2.27. The molecule has 2 rings (SSSR count). The number of benzene rings is 2. The van der Waals surface area contributed by atoms with Crippen LogP contribution in [0.25, 0.3) is 0 Å². The molecular formula is C12H9Cl2NO3S. The highest BCUT2D eigenvalue weighted by atomic mass is 35.5. The number of nitrogens with one attached hydrogen (secondary N) is 1. The molecule has 2 aromatic carbocycles. The van der Waals surface area contributed by atoms with Gasteiger partial charge < -0.3 is 5.11 Å². The van der Waals surface area contributed by atoms with Crippen molar-refractivity contribution >= 4 is 38.9 Å². The number of halogens is 2. The predicted molar refractivity (Wildman–Crippen MR) is 75.4 cm³/mol. The van der Waals surface area contributed by atoms with Crippen LogP contribution in [-0.2, 0) is 10.0 Å². The summed E-state index contributed by atoms with van der Waals surface area (Å²) in [7, 11) is -3.72. The quantitative estimate of drug-likeness (QED) is 0.910. The first-order valence-corrected chi connectivity index (χ1v) is 7.39. The summed E-state index contributed by atoms with van der Waals surface area (Å²) < 4.78 is 26.4. The first kappa shape index (κ1) is 14.0. The SMILES string of the molecule is O=S(=O)(Nc1ccc(Cl)c(O)c1)c1ccc(Cl)cc1. The molecule has 0 radical (unpaired) electrons. The van der Waals surface area contributed by atoms with E-state index in [-0.39, 0.29) is 21.4 Å². The molecule has 2 aromatic rings. The van der Waals surface area contributed by atoms with Crippen LogP contribution in [-0.4, -0.2) is 13.5 Å². The maximum absolute atomic E-state index is 12.0. The lowest BCUT2D eigenvalue weighted by Gasteiger charge is -2.08. The Morgan fingerprint density at radius 1 is 1.00 bits per heavy atom. The molecule has 0 amide bonds. The van der Waals surface area contributed by atoms with E-state index < -0.39 is 10.0 Å². The molecule has 4 nitrogen and oxygen atoms in total. The van der Waals surface area contributed by atoms with Crippen LogP contribution in [0.15, 0.2) is 47.4 Å². The van der Waals surface area contributed by atoms with Gasteiger partial charge in [0.25, 0.3) is 10.0 Å². The summed E-state index contributed by atoms with van der Waals surface area (Å²) in [6, 6.07) is 9.83. The average molecular weight is 318 g/mol. The summed E-state index contributed by atoms with van der Waals surface area (Å²) in [5.74, 6) is -0.196. The van der Waals surface area contributed by atoms with Crippen molar-refractivity contribution in [3.05, 3.63) is 52.5 Å². The lowest BCUT2D eigenvalue weighted by atomic mass is 10.3. The first-order chi connectivity index (χ1) is 8.88. The first-order valence-electron chi connectivity index (χ1n) is 5.15. The molecule has 19 heavy (non-hydrogen) atoms. The Kier molecular flexibility index (Phi) is 3.89. The number of hydrogen-bond donors (Lipinski definition) is 2. The van der Waals surface area contributed by atoms with E-state index in [4.69, 9.17) is 23.2 Å². The fourth-order valence-electron chi connectivity index (χ4n) is 1.40. The zero-order valence-electron chi connectivity index (χ0n) is 9.47. The van der Waals surface area contributed by atoms with Crippen molar-refractivity contribution in [2.75, 3.05) is 4.72 Å². The maximum Gasteiger partial charge on any atom is 0.261 e. The third kappa shape index (κ3) is 3.32. The highest BCUT2D eigenvalue weighted by Gasteiger charge is 2.14. The van der Waals surface area contributed by atoms with E-state index in [9.17, 15) is 13.5 Å². The van der Waals surface area contributed by atoms with Crippen molar-refractivity contribution in [2.24, 2.45) is 0 Å². The molecule has 0 aliphatic heterocycles. The van der Waals surface area contributed by atoms with Gasteiger partial charge in [-0.15, -0.1) is 0 Å². The standard InChI is InChI=1S/C12H9Cl2NO3S/c13-8-1-4-10(5-2-8)19(17,18)15-9-3-6-11(14)12(16)7-9/h1-7,15-16H. The zero-order chi connectivity index (χ0) is 14.0. The number of sulfonamides is 1. The van der Waals surface area contributed by atoms with Gasteiger partial charge in [-0.3, -0.25) is 4.72 Å². The average Bonchev–Trinajstić information content (AvgIpc) is 2.34. The van der Waals surface area contributed by atoms with E-state index in [1.807, 2.05) is 0 Å². The summed E-state index contributed by atoms with van der Waals surface area (Å²) >= 11 is 11.3. The highest BCUT2D eigenvalue weighted by molar-refractivity contribution is 7.92. The van der Waals surface area contributed by atoms with Crippen LogP contribution in [0.1, 0.15) is 0 Å². The van der Waals surface area contributed by atoms with E-state index in [2.05, 4.69) is 4.72 Å². The van der Waals surface area contributed by atoms with Crippen LogP contribution in [0.3, 0.4) is 0 Å². The summed E-state index contributed by atoms with van der Waals surface area (Å²) in [5.41, 5.74) is 0.219. The van der Waals surface area contributed by atoms with Crippen molar-refractivity contribution in [2.45, 2.75) is 4.90 Å². The van der Waals surface area contributed by atoms with Crippen molar-refractivity contribution < 1.29 is 13.5 Å². The van der Waals surface area contributed by atoms with Gasteiger partial charge in [-0.25, -0.2) is 8.42 Å². The van der Waals surface area contributed by atoms with Gasteiger partial charge in [-0.05, 0) is 36.4 Å². The van der Waals surface area contributed by atoms with Gasteiger partial charge >= 0.3 is 0 Å². The normalized spacial score (nSPS) is 11.3. The Morgan fingerprint density at radius 2 is 1.63 bits per heavy atom. The van der Waals surface area contributed by atoms with Gasteiger partial charge in [0.05, 0.1) is 15.6 Å². The molecule has 0 saturated carbocycles. The number of phenolic OH excluding ortho intramolecular Hbond substituents is 1. The predicted octanol–water partition coefficient (Wildman–Crippen LogP) is 3.50. The molecule has 0 saturated heterocycles. The Hall–Kier alpha value is -1.43. The molecule has 0 unspecified atom stereocenters. The van der Waals surface area contributed by atoms with Crippen LogP contribution < -0.4 is 4.72 Å². The molecule has 0 fully saturated rings. The van der Waals surface area contributed by atoms with Crippen molar-refractivity contribution in [3.63, 3.8) is 0 Å². The van der Waals surface area contributed by atoms with Gasteiger partial charge in [0.15, 0.2) is 0 Å². The Bertz CT molecular complexity index is 699. The molecule has 0 atom stereocenters. The smallest absolute Gasteiger partial charge is 0.261 e. The molecule has 0 bridgehead atoms. The number of rotatable bonds is 3. The summed E-state index contributed by atoms with van der Waals surface area (Å²) in [5, 5.41) is 10.0. The summed E-state index contributed by atoms with van der Waals surface area (Å²) in [4.78, 5) is 0.0753. The second-order valence-corrected chi connectivity index (χ2v) is 6.25. The third-order valence-electron chi connectivity index (χ3n) is 2.32. The van der Waals surface area contributed by atoms with Crippen LogP contribution in [0.2, 0.25) is 10.0 Å². The molecule has 100 valence electrons. The van der Waals surface area contributed by atoms with E-state index in [1.54, 1.807) is 0 Å². The fraction of sp³-hybridized carbons (Fsp3) is 0. The van der Waals surface area contributed by atoms with Crippen molar-refractivity contribution in [1.82, 2.24) is 0 Å². The van der Waals surface area contributed by atoms with Gasteiger partial charge in [-0.2, -0.15) is 0 Å². The molecule has 0 spiro atoms. The van der Waals surface area contributed by atoms with E-state index >= 15 is 0 Å². The largest absolute Gasteiger partial charge is 0.506 e. The van der Waals surface area contributed by atoms with Gasteiger partial charge in [-0.1, -0.05) is 23.2 Å². The van der Waals surface area contributed by atoms with Crippen LogP contribution in [0.4, 0.5) is 5.69 Å². The summed E-state index contributed by atoms with van der Waals surface area (Å²) in [6.45, 7) is 0. The monoisotopic (exact) mass is 317 g/mol. The molecule has 0 aliphatic rings. The van der Waals surface area contributed by atoms with Gasteiger partial charge in [0.2, 0.25) is 0 Å². The fourth-order valence-corrected chi connectivity index (χ4v) is 2.70. The Morgan fingerprint density at radius 3 is 2.21 bits per heavy atom. The Labute approximate surface area is 120 Å². The lowest BCUT2D eigenvalue weighted by molar-refractivity contribution is 0.476. The molecule has 0 aromatic heterocycles. The lowest BCUT2D eigenvalue weighted by Crippen LogP contribution is -2.12. The van der Waals surface area contributed by atoms with Crippen LogP contribution >= 0.6 is 23.2 Å². The summed E-state index contributed by atoms with van der Waals surface area (Å²) in [6.07, 6.45) is 0. The topological polar surface area (TPSA) is 66.4 Å². The number of anilines is 1. The van der Waals surface area contributed by atoms with E-state index in [1.165, 1.54) is 42.5 Å². The van der Waals surface area contributed by atoms with E-state index in [0.717, 1.165) is 0 Å². The number of aromatic hydroxyl groups is 1. The minimum Gasteiger partial charge on any atom is -0.506 e. The maximum atomic E-state index is 12.0. The Balaban J connectivity index is 2.30. The second-order valence-electron chi connectivity index (χ2n) is 3.73. The third-order valence-corrected chi connectivity index (χ3v) is 4.29. The zero-order valence-corrected chi connectivity index (χ0v) is 11.8. The van der Waals surface area contributed by atoms with Gasteiger partial charge in [0.1, 0.15) is 5.75 Å². The molecule has 7 heteroatoms. The number of phenols is 1. The van der Waals surface area contributed by atoms with Crippen LogP contribution in [0, 0.1) is 0 Å². The minimum atomic E-state index is -3.72. The molecule has 0 heterocycles.